The van der Waals surface area contributed by atoms with Gasteiger partial charge in [-0.2, -0.15) is 0 Å². The van der Waals surface area contributed by atoms with Gasteiger partial charge in [0.2, 0.25) is 0 Å². The van der Waals surface area contributed by atoms with E-state index in [0.717, 1.165) is 0 Å². The maximum atomic E-state index is 11.5. The molecule has 0 rings (SSSR count). The predicted molar refractivity (Wildman–Crippen MR) is 64.4 cm³/mol. The molecule has 1 amide bonds. The second kappa shape index (κ2) is 5.21. The van der Waals surface area contributed by atoms with Crippen molar-refractivity contribution in [3.8, 4) is 0 Å². The second-order valence-electron chi connectivity index (χ2n) is 5.61. The van der Waals surface area contributed by atoms with Crippen molar-refractivity contribution < 1.29 is 19.1 Å². The van der Waals surface area contributed by atoms with Gasteiger partial charge in [-0.3, -0.25) is 5.32 Å². The van der Waals surface area contributed by atoms with E-state index in [1.54, 1.807) is 41.5 Å². The van der Waals surface area contributed by atoms with Crippen LogP contribution in [-0.4, -0.2) is 23.3 Å². The number of alkyl carbamates (subject to hydrolysis) is 1. The molecule has 0 aliphatic rings. The van der Waals surface area contributed by atoms with Gasteiger partial charge in [-0.25, -0.2) is 9.59 Å². The first-order valence-electron chi connectivity index (χ1n) is 5.33. The number of hydrogen-bond donors (Lipinski definition) is 1. The fraction of sp³-hybridized carbons (Fsp3) is 0.667. The average molecular weight is 243 g/mol. The first-order chi connectivity index (χ1) is 7.41. The summed E-state index contributed by atoms with van der Waals surface area (Å²) in [4.78, 5) is 22.8. The van der Waals surface area contributed by atoms with Crippen LogP contribution < -0.4 is 5.32 Å². The number of esters is 1. The van der Waals surface area contributed by atoms with Gasteiger partial charge in [0, 0.05) is 0 Å². The van der Waals surface area contributed by atoms with E-state index in [1.807, 2.05) is 0 Å². The van der Waals surface area contributed by atoms with Gasteiger partial charge < -0.3 is 9.47 Å². The molecule has 0 aromatic heterocycles. The Kier molecular flexibility index (Phi) is 4.74. The molecule has 0 unspecified atom stereocenters. The molecule has 0 fully saturated rings. The monoisotopic (exact) mass is 243 g/mol. The van der Waals surface area contributed by atoms with Crippen LogP contribution in [0.3, 0.4) is 0 Å². The number of carbonyl (C=O) groups excluding carboxylic acids is 2. The van der Waals surface area contributed by atoms with Gasteiger partial charge in [0.15, 0.2) is 0 Å². The molecule has 0 aromatic carbocycles. The Balaban J connectivity index is 4.28. The Morgan fingerprint density at radius 1 is 0.941 bits per heavy atom. The number of amides is 1. The Labute approximate surface area is 102 Å². The molecule has 5 nitrogen and oxygen atoms in total. The van der Waals surface area contributed by atoms with Gasteiger partial charge in [-0.05, 0) is 41.5 Å². The van der Waals surface area contributed by atoms with Gasteiger partial charge in [-0.15, -0.1) is 0 Å². The van der Waals surface area contributed by atoms with E-state index in [1.165, 1.54) is 0 Å². The van der Waals surface area contributed by atoms with E-state index in [4.69, 9.17) is 9.47 Å². The van der Waals surface area contributed by atoms with Crippen LogP contribution in [0.4, 0.5) is 4.79 Å². The molecule has 0 spiro atoms. The lowest BCUT2D eigenvalue weighted by atomic mass is 10.2. The van der Waals surface area contributed by atoms with Gasteiger partial charge in [0.05, 0.1) is 0 Å². The summed E-state index contributed by atoms with van der Waals surface area (Å²) in [6, 6.07) is 0. The summed E-state index contributed by atoms with van der Waals surface area (Å²) in [6.07, 6.45) is -0.728. The number of rotatable bonds is 2. The van der Waals surface area contributed by atoms with Crippen molar-refractivity contribution in [3.05, 3.63) is 12.3 Å². The third-order valence-electron chi connectivity index (χ3n) is 1.30. The summed E-state index contributed by atoms with van der Waals surface area (Å²) in [7, 11) is 0. The summed E-state index contributed by atoms with van der Waals surface area (Å²) in [5.74, 6) is -0.677. The lowest BCUT2D eigenvalue weighted by Gasteiger charge is -2.22. The fourth-order valence-corrected chi connectivity index (χ4v) is 0.818. The Morgan fingerprint density at radius 2 is 1.35 bits per heavy atom. The number of ether oxygens (including phenoxy) is 2. The highest BCUT2D eigenvalue weighted by Gasteiger charge is 2.22. The van der Waals surface area contributed by atoms with Crippen LogP contribution in [0.1, 0.15) is 41.5 Å². The fourth-order valence-electron chi connectivity index (χ4n) is 0.818. The van der Waals surface area contributed by atoms with Crippen LogP contribution in [0.15, 0.2) is 12.3 Å². The molecule has 0 aromatic rings. The lowest BCUT2D eigenvalue weighted by Crippen LogP contribution is -2.36. The van der Waals surface area contributed by atoms with Gasteiger partial charge in [0.1, 0.15) is 16.9 Å². The maximum Gasteiger partial charge on any atom is 0.412 e. The number of nitrogens with one attached hydrogen (secondary N) is 1. The predicted octanol–water partition coefficient (Wildman–Crippen LogP) is 2.37. The summed E-state index contributed by atoms with van der Waals surface area (Å²) < 4.78 is 9.99. The molecule has 0 radical (unpaired) electrons. The average Bonchev–Trinajstić information content (AvgIpc) is 1.95. The third-order valence-corrected chi connectivity index (χ3v) is 1.30. The van der Waals surface area contributed by atoms with Crippen LogP contribution in [0.25, 0.3) is 0 Å². The van der Waals surface area contributed by atoms with Gasteiger partial charge in [0.25, 0.3) is 0 Å². The zero-order valence-corrected chi connectivity index (χ0v) is 11.3. The molecular formula is C12H21NO4. The van der Waals surface area contributed by atoms with E-state index in [0.29, 0.717) is 0 Å². The molecular weight excluding hydrogens is 222 g/mol. The number of carbonyl (C=O) groups is 2. The van der Waals surface area contributed by atoms with Crippen molar-refractivity contribution in [2.75, 3.05) is 0 Å². The quantitative estimate of drug-likeness (QED) is 0.597. The van der Waals surface area contributed by atoms with E-state index >= 15 is 0 Å². The molecule has 0 aliphatic heterocycles. The molecule has 0 saturated carbocycles. The van der Waals surface area contributed by atoms with E-state index < -0.39 is 23.3 Å². The van der Waals surface area contributed by atoms with Crippen molar-refractivity contribution in [1.82, 2.24) is 5.32 Å². The SMILES string of the molecule is C=C(NC(=O)OC(C)(C)C)C(=O)OC(C)(C)C. The minimum absolute atomic E-state index is 0.144. The Hall–Kier alpha value is -1.52. The summed E-state index contributed by atoms with van der Waals surface area (Å²) in [5.41, 5.74) is -1.40. The zero-order valence-electron chi connectivity index (χ0n) is 11.3. The smallest absolute Gasteiger partial charge is 0.412 e. The summed E-state index contributed by atoms with van der Waals surface area (Å²) in [5, 5.41) is 2.23. The standard InChI is InChI=1S/C12H21NO4/c1-8(9(14)16-11(2,3)4)13-10(15)17-12(5,6)7/h1H2,2-7H3,(H,13,15). The maximum absolute atomic E-state index is 11.5. The first-order valence-corrected chi connectivity index (χ1v) is 5.33. The highest BCUT2D eigenvalue weighted by Crippen LogP contribution is 2.10. The molecule has 0 heterocycles. The molecule has 0 atom stereocenters. The second-order valence-corrected chi connectivity index (χ2v) is 5.61. The molecule has 0 bridgehead atoms. The van der Waals surface area contributed by atoms with Crippen LogP contribution in [0, 0.1) is 0 Å². The van der Waals surface area contributed by atoms with Crippen LogP contribution >= 0.6 is 0 Å². The van der Waals surface area contributed by atoms with Crippen molar-refractivity contribution in [2.45, 2.75) is 52.7 Å². The normalized spacial score (nSPS) is 11.6. The first kappa shape index (κ1) is 15.5. The van der Waals surface area contributed by atoms with Crippen LogP contribution in [0.5, 0.6) is 0 Å². The van der Waals surface area contributed by atoms with Crippen LogP contribution in [-0.2, 0) is 14.3 Å². The largest absolute Gasteiger partial charge is 0.455 e. The van der Waals surface area contributed by atoms with Crippen LogP contribution in [0.2, 0.25) is 0 Å². The van der Waals surface area contributed by atoms with Crippen molar-refractivity contribution in [1.29, 1.82) is 0 Å². The number of hydrogen-bond acceptors (Lipinski definition) is 4. The molecule has 0 aliphatic carbocycles. The lowest BCUT2D eigenvalue weighted by molar-refractivity contribution is -0.150. The van der Waals surface area contributed by atoms with E-state index in [2.05, 4.69) is 11.9 Å². The zero-order chi connectivity index (χ0) is 13.9. The molecule has 5 heteroatoms. The Morgan fingerprint density at radius 3 is 1.71 bits per heavy atom. The van der Waals surface area contributed by atoms with Crippen molar-refractivity contribution >= 4 is 12.1 Å². The molecule has 1 N–H and O–H groups in total. The Bertz CT molecular complexity index is 320. The highest BCUT2D eigenvalue weighted by molar-refractivity contribution is 5.91. The van der Waals surface area contributed by atoms with Crippen molar-refractivity contribution in [3.63, 3.8) is 0 Å². The highest BCUT2D eigenvalue weighted by atomic mass is 16.6. The summed E-state index contributed by atoms with van der Waals surface area (Å²) >= 11 is 0. The van der Waals surface area contributed by atoms with Gasteiger partial charge in [-0.1, -0.05) is 6.58 Å². The topological polar surface area (TPSA) is 64.6 Å². The third kappa shape index (κ3) is 8.30. The minimum atomic E-state index is -0.728. The minimum Gasteiger partial charge on any atom is -0.455 e. The van der Waals surface area contributed by atoms with Crippen molar-refractivity contribution in [2.24, 2.45) is 0 Å². The van der Waals surface area contributed by atoms with E-state index in [-0.39, 0.29) is 5.70 Å². The molecule has 17 heavy (non-hydrogen) atoms. The van der Waals surface area contributed by atoms with Gasteiger partial charge >= 0.3 is 12.1 Å². The summed E-state index contributed by atoms with van der Waals surface area (Å²) in [6.45, 7) is 13.8. The molecule has 98 valence electrons. The van der Waals surface area contributed by atoms with E-state index in [9.17, 15) is 9.59 Å². The molecule has 0 saturated heterocycles.